The van der Waals surface area contributed by atoms with Crippen molar-refractivity contribution in [2.75, 3.05) is 32.8 Å². The van der Waals surface area contributed by atoms with Crippen LogP contribution < -0.4 is 5.32 Å². The molecule has 1 atom stereocenters. The lowest BCUT2D eigenvalue weighted by atomic mass is 9.87. The number of urea groups is 1. The zero-order valence-electron chi connectivity index (χ0n) is 13.7. The van der Waals surface area contributed by atoms with Crippen molar-refractivity contribution in [3.05, 3.63) is 35.9 Å². The fraction of sp³-hybridized carbons (Fsp3) is 0.471. The van der Waals surface area contributed by atoms with Crippen LogP contribution in [-0.4, -0.2) is 60.5 Å². The molecule has 2 heterocycles. The van der Waals surface area contributed by atoms with E-state index in [1.54, 1.807) is 4.90 Å². The summed E-state index contributed by atoms with van der Waals surface area (Å²) in [4.78, 5) is 40.3. The first-order valence-electron chi connectivity index (χ1n) is 8.13. The molecule has 2 fully saturated rings. The van der Waals surface area contributed by atoms with E-state index < -0.39 is 11.6 Å². The van der Waals surface area contributed by atoms with Crippen molar-refractivity contribution in [1.29, 1.82) is 0 Å². The van der Waals surface area contributed by atoms with Crippen LogP contribution in [0, 0.1) is 0 Å². The smallest absolute Gasteiger partial charge is 0.325 e. The topological polar surface area (TPSA) is 79.0 Å². The van der Waals surface area contributed by atoms with Gasteiger partial charge in [0.25, 0.3) is 5.91 Å². The van der Waals surface area contributed by atoms with Gasteiger partial charge in [-0.3, -0.25) is 14.5 Å². The molecule has 1 aromatic carbocycles. The molecule has 1 unspecified atom stereocenters. The van der Waals surface area contributed by atoms with Gasteiger partial charge in [0, 0.05) is 13.1 Å². The predicted molar refractivity (Wildman–Crippen MR) is 86.1 cm³/mol. The highest BCUT2D eigenvalue weighted by Gasteiger charge is 2.51. The van der Waals surface area contributed by atoms with Gasteiger partial charge in [-0.1, -0.05) is 37.3 Å². The Morgan fingerprint density at radius 3 is 2.50 bits per heavy atom. The van der Waals surface area contributed by atoms with Crippen molar-refractivity contribution in [3.8, 4) is 0 Å². The summed E-state index contributed by atoms with van der Waals surface area (Å²) in [6, 6.07) is 8.62. The van der Waals surface area contributed by atoms with Crippen molar-refractivity contribution in [2.24, 2.45) is 0 Å². The van der Waals surface area contributed by atoms with Crippen LogP contribution in [0.2, 0.25) is 0 Å². The van der Waals surface area contributed by atoms with E-state index in [9.17, 15) is 14.4 Å². The number of benzene rings is 1. The van der Waals surface area contributed by atoms with Gasteiger partial charge < -0.3 is 15.0 Å². The average molecular weight is 331 g/mol. The fourth-order valence-corrected chi connectivity index (χ4v) is 3.18. The van der Waals surface area contributed by atoms with Crippen LogP contribution >= 0.6 is 0 Å². The maximum atomic E-state index is 12.9. The van der Waals surface area contributed by atoms with Gasteiger partial charge in [0.05, 0.1) is 13.2 Å². The van der Waals surface area contributed by atoms with E-state index in [1.165, 1.54) is 0 Å². The second-order valence-electron chi connectivity index (χ2n) is 5.94. The molecule has 0 radical (unpaired) electrons. The molecular weight excluding hydrogens is 310 g/mol. The first-order chi connectivity index (χ1) is 11.6. The molecule has 0 spiro atoms. The minimum atomic E-state index is -1.09. The second kappa shape index (κ2) is 6.60. The molecule has 1 N–H and O–H groups in total. The zero-order valence-corrected chi connectivity index (χ0v) is 13.7. The van der Waals surface area contributed by atoms with Gasteiger partial charge in [-0.05, 0) is 12.0 Å². The Morgan fingerprint density at radius 2 is 1.88 bits per heavy atom. The lowest BCUT2D eigenvalue weighted by Crippen LogP contribution is -2.48. The van der Waals surface area contributed by atoms with Crippen molar-refractivity contribution < 1.29 is 19.1 Å². The number of rotatable bonds is 4. The Balaban J connectivity index is 1.79. The van der Waals surface area contributed by atoms with Crippen LogP contribution in [0.3, 0.4) is 0 Å². The summed E-state index contributed by atoms with van der Waals surface area (Å²) >= 11 is 0. The first-order valence-corrected chi connectivity index (χ1v) is 8.13. The Labute approximate surface area is 140 Å². The summed E-state index contributed by atoms with van der Waals surface area (Å²) in [5.41, 5.74) is -0.365. The van der Waals surface area contributed by atoms with Crippen molar-refractivity contribution >= 4 is 17.8 Å². The lowest BCUT2D eigenvalue weighted by Gasteiger charge is -2.28. The van der Waals surface area contributed by atoms with Crippen LogP contribution in [0.5, 0.6) is 0 Å². The molecule has 4 amide bonds. The quantitative estimate of drug-likeness (QED) is 0.824. The number of nitrogens with zero attached hydrogens (tertiary/aromatic N) is 2. The van der Waals surface area contributed by atoms with Gasteiger partial charge in [0.2, 0.25) is 5.91 Å². The van der Waals surface area contributed by atoms with Crippen LogP contribution in [0.1, 0.15) is 18.9 Å². The fourth-order valence-electron chi connectivity index (χ4n) is 3.18. The van der Waals surface area contributed by atoms with E-state index in [-0.39, 0.29) is 18.4 Å². The van der Waals surface area contributed by atoms with E-state index in [4.69, 9.17) is 4.74 Å². The maximum absolute atomic E-state index is 12.9. The van der Waals surface area contributed by atoms with Crippen LogP contribution in [-0.2, 0) is 19.9 Å². The maximum Gasteiger partial charge on any atom is 0.325 e. The molecule has 0 saturated carbocycles. The number of ether oxygens (including phenoxy) is 1. The number of nitrogens with one attached hydrogen (secondary N) is 1. The Hall–Kier alpha value is -2.41. The predicted octanol–water partition coefficient (Wildman–Crippen LogP) is 0.703. The second-order valence-corrected chi connectivity index (χ2v) is 5.94. The number of carbonyl (C=O) groups excluding carboxylic acids is 3. The first kappa shape index (κ1) is 16.4. The third-order valence-electron chi connectivity index (χ3n) is 4.63. The normalized spacial score (nSPS) is 24.2. The molecule has 128 valence electrons. The number of hydrogen-bond acceptors (Lipinski definition) is 4. The van der Waals surface area contributed by atoms with Gasteiger partial charge in [-0.15, -0.1) is 0 Å². The summed E-state index contributed by atoms with van der Waals surface area (Å²) in [6.45, 7) is 3.54. The number of amides is 4. The molecule has 0 aliphatic carbocycles. The molecule has 0 aromatic heterocycles. The highest BCUT2D eigenvalue weighted by Crippen LogP contribution is 2.32. The number of imide groups is 1. The molecule has 0 bridgehead atoms. The molecule has 3 rings (SSSR count). The molecule has 24 heavy (non-hydrogen) atoms. The standard InChI is InChI=1S/C17H21N3O4/c1-2-17(13-6-4-3-5-7-13)15(22)20(16(23)18-17)12-14(21)19-8-10-24-11-9-19/h3-7H,2,8-12H2,1H3,(H,18,23). The molecule has 2 saturated heterocycles. The van der Waals surface area contributed by atoms with Crippen molar-refractivity contribution in [3.63, 3.8) is 0 Å². The summed E-state index contributed by atoms with van der Waals surface area (Å²) in [5, 5.41) is 2.78. The van der Waals surface area contributed by atoms with Gasteiger partial charge >= 0.3 is 6.03 Å². The van der Waals surface area contributed by atoms with E-state index in [0.29, 0.717) is 32.7 Å². The minimum absolute atomic E-state index is 0.234. The van der Waals surface area contributed by atoms with Gasteiger partial charge in [0.1, 0.15) is 12.1 Å². The van der Waals surface area contributed by atoms with Crippen LogP contribution in [0.15, 0.2) is 30.3 Å². The van der Waals surface area contributed by atoms with E-state index in [1.807, 2.05) is 37.3 Å². The highest BCUT2D eigenvalue weighted by molar-refractivity contribution is 6.09. The van der Waals surface area contributed by atoms with Crippen LogP contribution in [0.25, 0.3) is 0 Å². The molecule has 2 aliphatic heterocycles. The molecule has 7 nitrogen and oxygen atoms in total. The Kier molecular flexibility index (Phi) is 4.53. The monoisotopic (exact) mass is 331 g/mol. The van der Waals surface area contributed by atoms with E-state index >= 15 is 0 Å². The van der Waals surface area contributed by atoms with E-state index in [0.717, 1.165) is 10.5 Å². The largest absolute Gasteiger partial charge is 0.378 e. The van der Waals surface area contributed by atoms with Gasteiger partial charge in [-0.2, -0.15) is 0 Å². The minimum Gasteiger partial charge on any atom is -0.378 e. The van der Waals surface area contributed by atoms with Crippen LogP contribution in [0.4, 0.5) is 4.79 Å². The number of morpholine rings is 1. The summed E-state index contributed by atoms with van der Waals surface area (Å²) in [6.07, 6.45) is 0.420. The van der Waals surface area contributed by atoms with Gasteiger partial charge in [-0.25, -0.2) is 4.79 Å². The zero-order chi connectivity index (χ0) is 17.2. The van der Waals surface area contributed by atoms with E-state index in [2.05, 4.69) is 5.32 Å². The summed E-state index contributed by atoms with van der Waals surface area (Å²) in [5.74, 6) is -0.607. The highest BCUT2D eigenvalue weighted by atomic mass is 16.5. The summed E-state index contributed by atoms with van der Waals surface area (Å²) in [7, 11) is 0. The Bertz CT molecular complexity index is 642. The van der Waals surface area contributed by atoms with Crippen molar-refractivity contribution in [2.45, 2.75) is 18.9 Å². The third kappa shape index (κ3) is 2.75. The molecular formula is C17H21N3O4. The van der Waals surface area contributed by atoms with Gasteiger partial charge in [0.15, 0.2) is 0 Å². The number of carbonyl (C=O) groups is 3. The Morgan fingerprint density at radius 1 is 1.21 bits per heavy atom. The lowest BCUT2D eigenvalue weighted by molar-refractivity contribution is -0.141. The SMILES string of the molecule is CCC1(c2ccccc2)NC(=O)N(CC(=O)N2CCOCC2)C1=O. The molecule has 2 aliphatic rings. The molecule has 7 heteroatoms. The number of hydrogen-bond donors (Lipinski definition) is 1. The summed E-state index contributed by atoms with van der Waals surface area (Å²) < 4.78 is 5.22. The molecule has 1 aromatic rings. The average Bonchev–Trinajstić information content (AvgIpc) is 2.88. The third-order valence-corrected chi connectivity index (χ3v) is 4.63. The van der Waals surface area contributed by atoms with Crippen molar-refractivity contribution in [1.82, 2.24) is 15.1 Å².